The van der Waals surface area contributed by atoms with Crippen molar-refractivity contribution in [3.05, 3.63) is 84.2 Å². The second-order valence-electron chi connectivity index (χ2n) is 10.3. The lowest BCUT2D eigenvalue weighted by molar-refractivity contribution is -0.205. The Morgan fingerprint density at radius 2 is 1.38 bits per heavy atom. The predicted octanol–water partition coefficient (Wildman–Crippen LogP) is 2.33. The van der Waals surface area contributed by atoms with E-state index in [0.29, 0.717) is 18.1 Å². The molecular weight excluding hydrogens is 495 g/mol. The van der Waals surface area contributed by atoms with Crippen molar-refractivity contribution in [1.82, 2.24) is 24.9 Å². The van der Waals surface area contributed by atoms with E-state index in [1.807, 2.05) is 18.2 Å². The number of ether oxygens (including phenoxy) is 1. The van der Waals surface area contributed by atoms with Crippen LogP contribution in [0.1, 0.15) is 17.5 Å². The highest BCUT2D eigenvalue weighted by Gasteiger charge is 2.38. The van der Waals surface area contributed by atoms with E-state index < -0.39 is 0 Å². The summed E-state index contributed by atoms with van der Waals surface area (Å²) >= 11 is 0. The summed E-state index contributed by atoms with van der Waals surface area (Å²) in [6, 6.07) is 17.3. The molecule has 4 heterocycles. The molecule has 9 nitrogen and oxygen atoms in total. The number of hydrogen-bond acceptors (Lipinski definition) is 9. The number of nitrogens with two attached hydrogens (primary N) is 1. The third-order valence-corrected chi connectivity index (χ3v) is 8.06. The van der Waals surface area contributed by atoms with Crippen molar-refractivity contribution in [2.24, 2.45) is 5.73 Å². The largest absolute Gasteiger partial charge is 0.369 e. The van der Waals surface area contributed by atoms with Crippen molar-refractivity contribution in [3.63, 3.8) is 0 Å². The van der Waals surface area contributed by atoms with Crippen molar-refractivity contribution >= 4 is 11.4 Å². The van der Waals surface area contributed by atoms with Crippen LogP contribution in [0, 0.1) is 5.82 Å². The van der Waals surface area contributed by atoms with E-state index >= 15 is 0 Å². The van der Waals surface area contributed by atoms with Gasteiger partial charge in [-0.1, -0.05) is 30.3 Å². The van der Waals surface area contributed by atoms with Gasteiger partial charge in [0.2, 0.25) is 0 Å². The van der Waals surface area contributed by atoms with Gasteiger partial charge in [-0.2, -0.15) is 0 Å². The van der Waals surface area contributed by atoms with Crippen LogP contribution in [0.2, 0.25) is 0 Å². The van der Waals surface area contributed by atoms with Crippen LogP contribution in [0.4, 0.5) is 15.8 Å². The van der Waals surface area contributed by atoms with E-state index in [2.05, 4.69) is 59.0 Å². The highest BCUT2D eigenvalue weighted by Crippen LogP contribution is 2.29. The topological polar surface area (TPSA) is 77.2 Å². The lowest BCUT2D eigenvalue weighted by Gasteiger charge is -2.49. The highest BCUT2D eigenvalue weighted by molar-refractivity contribution is 5.54. The Balaban J connectivity index is 1.14. The highest BCUT2D eigenvalue weighted by atomic mass is 19.1. The quantitative estimate of drug-likeness (QED) is 0.515. The minimum Gasteiger partial charge on any atom is -0.369 e. The summed E-state index contributed by atoms with van der Waals surface area (Å²) in [4.78, 5) is 16.0. The zero-order valence-corrected chi connectivity index (χ0v) is 22.3. The average Bonchev–Trinajstić information content (AvgIpc) is 3.02. The Morgan fingerprint density at radius 1 is 0.744 bits per heavy atom. The number of rotatable bonds is 6. The third-order valence-electron chi connectivity index (χ3n) is 8.06. The van der Waals surface area contributed by atoms with E-state index in [9.17, 15) is 4.39 Å². The maximum absolute atomic E-state index is 14.4. The first-order valence-corrected chi connectivity index (χ1v) is 13.9. The maximum atomic E-state index is 14.4. The molecule has 1 aromatic heterocycles. The third kappa shape index (κ3) is 5.75. The zero-order chi connectivity index (χ0) is 26.6. The lowest BCUT2D eigenvalue weighted by Crippen LogP contribution is -2.62. The van der Waals surface area contributed by atoms with Crippen LogP contribution < -0.4 is 15.5 Å². The molecular formula is C29H37FN8O. The number of aromatic nitrogens is 2. The number of nitrogens with zero attached hydrogens (tertiary/aromatic N) is 7. The second-order valence-corrected chi connectivity index (χ2v) is 10.3. The smallest absolute Gasteiger partial charge is 0.158 e. The molecule has 2 unspecified atom stereocenters. The molecule has 0 saturated carbocycles. The maximum Gasteiger partial charge on any atom is 0.158 e. The van der Waals surface area contributed by atoms with E-state index in [1.54, 1.807) is 18.5 Å². The van der Waals surface area contributed by atoms with Crippen LogP contribution in [-0.2, 0) is 11.3 Å². The molecule has 39 heavy (non-hydrogen) atoms. The molecule has 2 aromatic carbocycles. The molecule has 0 amide bonds. The molecule has 3 fully saturated rings. The van der Waals surface area contributed by atoms with Gasteiger partial charge in [0.15, 0.2) is 5.82 Å². The normalized spacial score (nSPS) is 23.7. The summed E-state index contributed by atoms with van der Waals surface area (Å²) in [5, 5.41) is 4.90. The van der Waals surface area contributed by atoms with E-state index in [0.717, 1.165) is 65.4 Å². The lowest BCUT2D eigenvalue weighted by atomic mass is 10.1. The molecule has 0 aliphatic carbocycles. The molecule has 10 heteroatoms. The van der Waals surface area contributed by atoms with Gasteiger partial charge < -0.3 is 20.3 Å². The van der Waals surface area contributed by atoms with Crippen molar-refractivity contribution in [2.75, 3.05) is 75.2 Å². The van der Waals surface area contributed by atoms with Crippen molar-refractivity contribution in [3.8, 4) is 0 Å². The molecule has 206 valence electrons. The first-order valence-electron chi connectivity index (χ1n) is 13.9. The van der Waals surface area contributed by atoms with Crippen LogP contribution in [0.15, 0.2) is 67.0 Å². The molecule has 2 N–H and O–H groups in total. The summed E-state index contributed by atoms with van der Waals surface area (Å²) < 4.78 is 21.0. The number of benzene rings is 2. The number of anilines is 2. The predicted molar refractivity (Wildman–Crippen MR) is 150 cm³/mol. The van der Waals surface area contributed by atoms with Gasteiger partial charge in [-0.25, -0.2) is 24.4 Å². The molecule has 0 spiro atoms. The van der Waals surface area contributed by atoms with Crippen LogP contribution >= 0.6 is 0 Å². The Morgan fingerprint density at radius 3 is 2.10 bits per heavy atom. The van der Waals surface area contributed by atoms with Crippen molar-refractivity contribution in [1.29, 1.82) is 0 Å². The first-order chi connectivity index (χ1) is 19.2. The number of halogens is 1. The molecule has 6 rings (SSSR count). The van der Waals surface area contributed by atoms with Crippen molar-refractivity contribution < 1.29 is 9.13 Å². The summed E-state index contributed by atoms with van der Waals surface area (Å²) in [6.45, 7) is 8.89. The summed E-state index contributed by atoms with van der Waals surface area (Å²) in [5.41, 5.74) is 9.11. The molecule has 3 aliphatic heterocycles. The van der Waals surface area contributed by atoms with Crippen LogP contribution in [-0.4, -0.2) is 96.6 Å². The number of morpholine rings is 1. The monoisotopic (exact) mass is 532 g/mol. The van der Waals surface area contributed by atoms with Gasteiger partial charge in [-0.3, -0.25) is 4.90 Å². The molecule has 3 aliphatic rings. The first kappa shape index (κ1) is 26.1. The molecule has 0 bridgehead atoms. The van der Waals surface area contributed by atoms with Gasteiger partial charge in [0.1, 0.15) is 18.1 Å². The zero-order valence-electron chi connectivity index (χ0n) is 22.3. The fourth-order valence-electron chi connectivity index (χ4n) is 5.94. The van der Waals surface area contributed by atoms with Crippen molar-refractivity contribution in [2.45, 2.75) is 18.9 Å². The number of piperazine rings is 2. The number of hydrazine groups is 1. The minimum atomic E-state index is -0.217. The Labute approximate surface area is 229 Å². The molecule has 3 saturated heterocycles. The molecule has 2 atom stereocenters. The van der Waals surface area contributed by atoms with Gasteiger partial charge in [-0.05, 0) is 29.8 Å². The SMILES string of the molecule is NCc1ccccc1N1CCN(N2CC(c3ncccn3)OC(N3CCN(c4ccccc4F)CC3)C2)CC1. The standard InChI is InChI=1S/C29H37FN8O/c30-24-7-2-4-9-26(24)35-12-14-36(15-13-35)28-22-38(21-27(39-28)29-32-10-5-11-33-29)37-18-16-34(17-19-37)25-8-3-1-6-23(25)20-31/h1-11,27-28H,12-22,31H2. The van der Waals surface area contributed by atoms with Gasteiger partial charge in [0, 0.05) is 83.5 Å². The number of hydrogen-bond donors (Lipinski definition) is 1. The Hall–Kier alpha value is -3.15. The average molecular weight is 533 g/mol. The van der Waals surface area contributed by atoms with Crippen LogP contribution in [0.3, 0.4) is 0 Å². The molecule has 0 radical (unpaired) electrons. The summed E-state index contributed by atoms with van der Waals surface area (Å²) in [6.07, 6.45) is 3.25. The van der Waals surface area contributed by atoms with Crippen LogP contribution in [0.25, 0.3) is 0 Å². The second kappa shape index (κ2) is 11.9. The van der Waals surface area contributed by atoms with Gasteiger partial charge >= 0.3 is 0 Å². The summed E-state index contributed by atoms with van der Waals surface area (Å²) in [7, 11) is 0. The van der Waals surface area contributed by atoms with E-state index in [1.165, 1.54) is 17.3 Å². The fourth-order valence-corrected chi connectivity index (χ4v) is 5.94. The van der Waals surface area contributed by atoms with Gasteiger partial charge in [0.25, 0.3) is 0 Å². The minimum absolute atomic E-state index is 0.0914. The van der Waals surface area contributed by atoms with E-state index in [4.69, 9.17) is 10.5 Å². The Bertz CT molecular complexity index is 1220. The summed E-state index contributed by atoms with van der Waals surface area (Å²) in [5.74, 6) is 0.549. The fraction of sp³-hybridized carbons (Fsp3) is 0.448. The van der Waals surface area contributed by atoms with Gasteiger partial charge in [-0.15, -0.1) is 0 Å². The number of para-hydroxylation sites is 2. The Kier molecular flexibility index (Phi) is 7.98. The van der Waals surface area contributed by atoms with Crippen LogP contribution in [0.5, 0.6) is 0 Å². The van der Waals surface area contributed by atoms with E-state index in [-0.39, 0.29) is 18.1 Å². The van der Waals surface area contributed by atoms with Gasteiger partial charge in [0.05, 0.1) is 12.2 Å². The molecule has 3 aromatic rings.